The molecule has 1 unspecified atom stereocenters. The topological polar surface area (TPSA) is 98.7 Å². The van der Waals surface area contributed by atoms with Crippen LogP contribution in [0.15, 0.2) is 52.9 Å². The molecule has 8 heteroatoms. The van der Waals surface area contributed by atoms with Crippen LogP contribution in [-0.2, 0) is 4.79 Å². The maximum absolute atomic E-state index is 13.0. The minimum atomic E-state index is -0.597. The summed E-state index contributed by atoms with van der Waals surface area (Å²) in [4.78, 5) is 18.6. The molecule has 0 aliphatic heterocycles. The predicted octanol–water partition coefficient (Wildman–Crippen LogP) is 3.63. The third kappa shape index (κ3) is 3.48. The summed E-state index contributed by atoms with van der Waals surface area (Å²) in [6, 6.07) is 14.3. The van der Waals surface area contributed by atoms with Gasteiger partial charge in [-0.15, -0.1) is 10.2 Å². The lowest BCUT2D eigenvalue weighted by Crippen LogP contribution is -2.31. The van der Waals surface area contributed by atoms with Gasteiger partial charge in [0.2, 0.25) is 5.82 Å². The Hall–Kier alpha value is -3.55. The van der Waals surface area contributed by atoms with E-state index in [1.54, 1.807) is 25.1 Å². The number of amides is 1. The Morgan fingerprint density at radius 3 is 2.68 bits per heavy atom. The van der Waals surface area contributed by atoms with E-state index in [2.05, 4.69) is 25.7 Å². The Bertz CT molecular complexity index is 1120. The number of hydrogen-bond donors (Lipinski definition) is 1. The lowest BCUT2D eigenvalue weighted by atomic mass is 10.0. The quantitative estimate of drug-likeness (QED) is 0.571. The summed E-state index contributed by atoms with van der Waals surface area (Å²) in [6.07, 6.45) is 0. The molecule has 28 heavy (non-hydrogen) atoms. The van der Waals surface area contributed by atoms with Crippen LogP contribution in [0.25, 0.3) is 22.5 Å². The lowest BCUT2D eigenvalue weighted by Gasteiger charge is -2.18. The van der Waals surface area contributed by atoms with Crippen LogP contribution in [0.4, 0.5) is 5.69 Å². The molecule has 0 fully saturated rings. The third-order valence-corrected chi connectivity index (χ3v) is 4.37. The van der Waals surface area contributed by atoms with Gasteiger partial charge in [0.1, 0.15) is 5.52 Å². The van der Waals surface area contributed by atoms with Gasteiger partial charge < -0.3 is 9.73 Å². The molecular formula is C20H20N6O2. The maximum Gasteiger partial charge on any atom is 0.251 e. The number of tetrazole rings is 1. The van der Waals surface area contributed by atoms with E-state index in [9.17, 15) is 4.79 Å². The Labute approximate surface area is 161 Å². The van der Waals surface area contributed by atoms with Crippen LogP contribution in [0.5, 0.6) is 0 Å². The van der Waals surface area contributed by atoms with Crippen molar-refractivity contribution in [3.8, 4) is 11.4 Å². The van der Waals surface area contributed by atoms with Crippen LogP contribution in [-0.4, -0.2) is 31.1 Å². The van der Waals surface area contributed by atoms with E-state index in [0.717, 1.165) is 5.56 Å². The van der Waals surface area contributed by atoms with Gasteiger partial charge in [0.25, 0.3) is 5.91 Å². The van der Waals surface area contributed by atoms with Gasteiger partial charge in [0.05, 0.1) is 0 Å². The molecule has 4 aromatic rings. The molecule has 1 atom stereocenters. The minimum Gasteiger partial charge on any atom is -0.441 e. The summed E-state index contributed by atoms with van der Waals surface area (Å²) in [6.45, 7) is 5.67. The van der Waals surface area contributed by atoms with E-state index in [0.29, 0.717) is 28.5 Å². The van der Waals surface area contributed by atoms with Crippen LogP contribution in [0.3, 0.4) is 0 Å². The van der Waals surface area contributed by atoms with Crippen LogP contribution >= 0.6 is 0 Å². The largest absolute Gasteiger partial charge is 0.441 e. The monoisotopic (exact) mass is 376 g/mol. The summed E-state index contributed by atoms with van der Waals surface area (Å²) in [5.41, 5.74) is 2.87. The van der Waals surface area contributed by atoms with Gasteiger partial charge in [-0.05, 0) is 29.3 Å². The van der Waals surface area contributed by atoms with Crippen molar-refractivity contribution in [2.45, 2.75) is 26.8 Å². The van der Waals surface area contributed by atoms with Crippen molar-refractivity contribution in [3.05, 3.63) is 54.4 Å². The second-order valence-corrected chi connectivity index (χ2v) is 6.89. The number of nitrogens with zero attached hydrogens (tertiary/aromatic N) is 5. The van der Waals surface area contributed by atoms with Gasteiger partial charge in [-0.3, -0.25) is 4.79 Å². The molecule has 8 nitrogen and oxygen atoms in total. The minimum absolute atomic E-state index is 0.0316. The summed E-state index contributed by atoms with van der Waals surface area (Å²) in [7, 11) is 0. The first-order chi connectivity index (χ1) is 13.5. The summed E-state index contributed by atoms with van der Waals surface area (Å²) in [5, 5.41) is 15.6. The number of benzene rings is 2. The summed E-state index contributed by atoms with van der Waals surface area (Å²) < 4.78 is 5.47. The number of anilines is 1. The number of rotatable bonds is 5. The molecule has 2 aromatic carbocycles. The Morgan fingerprint density at radius 2 is 1.93 bits per heavy atom. The molecule has 0 bridgehead atoms. The standard InChI is InChI=1S/C20H20N6O2/c1-12(2)18(26-24-19(23-25-26)14-7-5-4-6-8-14)20(27)22-15-9-10-17-16(11-15)21-13(3)28-17/h4-12,18H,1-3H3,(H,22,27). The third-order valence-electron chi connectivity index (χ3n) is 4.37. The molecule has 0 spiro atoms. The second kappa shape index (κ2) is 7.22. The molecule has 4 rings (SSSR count). The van der Waals surface area contributed by atoms with E-state index >= 15 is 0 Å². The average molecular weight is 376 g/mol. The SMILES string of the molecule is Cc1nc2cc(NC(=O)C(C(C)C)n3nnc(-c4ccccc4)n3)ccc2o1. The lowest BCUT2D eigenvalue weighted by molar-refractivity contribution is -0.121. The van der Waals surface area contributed by atoms with Crippen molar-refractivity contribution in [1.82, 2.24) is 25.2 Å². The summed E-state index contributed by atoms with van der Waals surface area (Å²) in [5.74, 6) is 0.819. The smallest absolute Gasteiger partial charge is 0.251 e. The number of fused-ring (bicyclic) bond motifs is 1. The molecule has 0 aliphatic rings. The van der Waals surface area contributed by atoms with E-state index in [1.165, 1.54) is 4.80 Å². The highest BCUT2D eigenvalue weighted by Gasteiger charge is 2.27. The molecule has 1 N–H and O–H groups in total. The van der Waals surface area contributed by atoms with E-state index < -0.39 is 6.04 Å². The zero-order valence-corrected chi connectivity index (χ0v) is 15.8. The van der Waals surface area contributed by atoms with E-state index in [1.807, 2.05) is 44.2 Å². The highest BCUT2D eigenvalue weighted by atomic mass is 16.3. The molecular weight excluding hydrogens is 356 g/mol. The molecule has 1 amide bonds. The highest BCUT2D eigenvalue weighted by Crippen LogP contribution is 2.23. The molecule has 0 saturated heterocycles. The van der Waals surface area contributed by atoms with Crippen LogP contribution in [0.1, 0.15) is 25.8 Å². The van der Waals surface area contributed by atoms with Crippen molar-refractivity contribution in [2.75, 3.05) is 5.32 Å². The predicted molar refractivity (Wildman–Crippen MR) is 105 cm³/mol. The fourth-order valence-corrected chi connectivity index (χ4v) is 3.06. The molecule has 0 radical (unpaired) electrons. The first-order valence-electron chi connectivity index (χ1n) is 9.04. The van der Waals surface area contributed by atoms with Crippen LogP contribution in [0, 0.1) is 12.8 Å². The number of carbonyl (C=O) groups is 1. The van der Waals surface area contributed by atoms with Gasteiger partial charge in [0.15, 0.2) is 17.5 Å². The first-order valence-corrected chi connectivity index (χ1v) is 9.04. The fourth-order valence-electron chi connectivity index (χ4n) is 3.06. The van der Waals surface area contributed by atoms with Crippen molar-refractivity contribution in [3.63, 3.8) is 0 Å². The average Bonchev–Trinajstić information content (AvgIpc) is 3.28. The number of hydrogen-bond acceptors (Lipinski definition) is 6. The zero-order valence-electron chi connectivity index (χ0n) is 15.8. The van der Waals surface area contributed by atoms with Crippen LogP contribution < -0.4 is 5.32 Å². The molecule has 142 valence electrons. The van der Waals surface area contributed by atoms with Crippen molar-refractivity contribution in [1.29, 1.82) is 0 Å². The van der Waals surface area contributed by atoms with Crippen molar-refractivity contribution in [2.24, 2.45) is 5.92 Å². The first kappa shape index (κ1) is 17.8. The molecule has 2 heterocycles. The highest BCUT2D eigenvalue weighted by molar-refractivity contribution is 5.95. The van der Waals surface area contributed by atoms with Crippen LogP contribution in [0.2, 0.25) is 0 Å². The Balaban J connectivity index is 1.58. The van der Waals surface area contributed by atoms with Gasteiger partial charge in [-0.2, -0.15) is 4.80 Å². The normalized spacial score (nSPS) is 12.4. The second-order valence-electron chi connectivity index (χ2n) is 6.89. The van der Waals surface area contributed by atoms with Crippen molar-refractivity contribution < 1.29 is 9.21 Å². The fraction of sp³-hybridized carbons (Fsp3) is 0.250. The molecule has 2 aromatic heterocycles. The van der Waals surface area contributed by atoms with Gasteiger partial charge >= 0.3 is 0 Å². The number of aryl methyl sites for hydroxylation is 1. The van der Waals surface area contributed by atoms with E-state index in [-0.39, 0.29) is 11.8 Å². The number of carbonyl (C=O) groups excluding carboxylic acids is 1. The van der Waals surface area contributed by atoms with Crippen molar-refractivity contribution >= 4 is 22.7 Å². The zero-order chi connectivity index (χ0) is 19.7. The Kier molecular flexibility index (Phi) is 4.60. The maximum atomic E-state index is 13.0. The van der Waals surface area contributed by atoms with Gasteiger partial charge in [-0.1, -0.05) is 44.2 Å². The van der Waals surface area contributed by atoms with Gasteiger partial charge in [-0.25, -0.2) is 4.98 Å². The summed E-state index contributed by atoms with van der Waals surface area (Å²) >= 11 is 0. The number of aromatic nitrogens is 5. The Morgan fingerprint density at radius 1 is 1.14 bits per heavy atom. The molecule has 0 saturated carbocycles. The number of nitrogens with one attached hydrogen (secondary N) is 1. The molecule has 0 aliphatic carbocycles. The number of oxazole rings is 1. The van der Waals surface area contributed by atoms with E-state index in [4.69, 9.17) is 4.42 Å². The van der Waals surface area contributed by atoms with Gasteiger partial charge in [0, 0.05) is 18.2 Å².